The molecule has 5 aromatic carbocycles. The largest absolute Gasteiger partial charge is 0.497 e. The normalized spacial score (nSPS) is 18.0. The molecule has 1 aliphatic heterocycles. The fraction of sp³-hybridized carbons (Fsp3) is 0.356. The van der Waals surface area contributed by atoms with Crippen LogP contribution in [0.25, 0.3) is 10.8 Å². The Kier molecular flexibility index (Phi) is 13.4. The van der Waals surface area contributed by atoms with E-state index in [0.717, 1.165) is 44.5 Å². The van der Waals surface area contributed by atoms with Gasteiger partial charge in [0.15, 0.2) is 0 Å². The fourth-order valence-corrected chi connectivity index (χ4v) is 9.16. The summed E-state index contributed by atoms with van der Waals surface area (Å²) in [5.74, 6) is 1.51. The van der Waals surface area contributed by atoms with Crippen LogP contribution in [-0.4, -0.2) is 56.4 Å². The lowest BCUT2D eigenvalue weighted by atomic mass is 9.80. The van der Waals surface area contributed by atoms with Crippen LogP contribution in [0.2, 0.25) is 0 Å². The molecule has 0 aliphatic carbocycles. The van der Waals surface area contributed by atoms with Crippen molar-refractivity contribution < 1.29 is 28.0 Å². The van der Waals surface area contributed by atoms with Crippen molar-refractivity contribution in [2.75, 3.05) is 27.4 Å². The highest BCUT2D eigenvalue weighted by molar-refractivity contribution is 7.44. The molecule has 9 heteroatoms. The van der Waals surface area contributed by atoms with Gasteiger partial charge in [-0.1, -0.05) is 97.1 Å². The molecular weight excluding hydrogens is 695 g/mol. The van der Waals surface area contributed by atoms with Crippen molar-refractivity contribution in [3.8, 4) is 17.6 Å². The Hall–Kier alpha value is -4.32. The van der Waals surface area contributed by atoms with E-state index in [1.165, 1.54) is 0 Å². The lowest BCUT2D eigenvalue weighted by Gasteiger charge is -2.39. The zero-order valence-corrected chi connectivity index (χ0v) is 32.9. The van der Waals surface area contributed by atoms with Crippen LogP contribution in [0, 0.1) is 11.3 Å². The molecule has 1 unspecified atom stereocenters. The smallest absolute Gasteiger partial charge is 0.259 e. The fourth-order valence-electron chi connectivity index (χ4n) is 7.40. The SMILES string of the molecule is COc1ccc(C(OC[C@H]2O[C@@H](c3cccc4ccccc34)C[C@@H]2OP(OCCC#N)N(C(C)C)C(C)C)(c2ccccc2)c2ccc(OC)cc2)cc1. The zero-order valence-electron chi connectivity index (χ0n) is 32.1. The molecule has 0 bridgehead atoms. The van der Waals surface area contributed by atoms with Crippen LogP contribution in [0.15, 0.2) is 121 Å². The van der Waals surface area contributed by atoms with Crippen LogP contribution < -0.4 is 9.47 Å². The summed E-state index contributed by atoms with van der Waals surface area (Å²) < 4.78 is 41.3. The molecule has 1 aliphatic rings. The number of methoxy groups -OCH3 is 2. The number of hydrogen-bond acceptors (Lipinski definition) is 8. The number of hydrogen-bond donors (Lipinski definition) is 0. The van der Waals surface area contributed by atoms with E-state index in [1.807, 2.05) is 42.5 Å². The van der Waals surface area contributed by atoms with Crippen LogP contribution in [0.4, 0.5) is 0 Å². The minimum absolute atomic E-state index is 0.153. The molecule has 4 atom stereocenters. The van der Waals surface area contributed by atoms with Crippen LogP contribution in [-0.2, 0) is 24.1 Å². The van der Waals surface area contributed by atoms with Gasteiger partial charge in [-0.05, 0) is 85.0 Å². The molecule has 0 aromatic heterocycles. The molecule has 5 aromatic rings. The van der Waals surface area contributed by atoms with Gasteiger partial charge < -0.3 is 28.0 Å². The van der Waals surface area contributed by atoms with Gasteiger partial charge in [-0.3, -0.25) is 0 Å². The lowest BCUT2D eigenvalue weighted by Crippen LogP contribution is -2.39. The van der Waals surface area contributed by atoms with Crippen molar-refractivity contribution in [3.63, 3.8) is 0 Å². The quantitative estimate of drug-likeness (QED) is 0.0528. The molecule has 54 heavy (non-hydrogen) atoms. The van der Waals surface area contributed by atoms with Crippen molar-refractivity contribution >= 4 is 19.3 Å². The molecule has 282 valence electrons. The number of fused-ring (bicyclic) bond motifs is 1. The second-order valence-electron chi connectivity index (χ2n) is 14.0. The third-order valence-corrected chi connectivity index (χ3v) is 12.1. The summed E-state index contributed by atoms with van der Waals surface area (Å²) in [7, 11) is 1.80. The number of nitriles is 1. The van der Waals surface area contributed by atoms with Crippen LogP contribution in [0.1, 0.15) is 68.9 Å². The Bertz CT molecular complexity index is 1900. The summed E-state index contributed by atoms with van der Waals surface area (Å²) in [5, 5.41) is 11.7. The first kappa shape index (κ1) is 39.4. The Morgan fingerprint density at radius 3 is 1.93 bits per heavy atom. The van der Waals surface area contributed by atoms with Gasteiger partial charge in [-0.15, -0.1) is 0 Å². The molecule has 1 fully saturated rings. The maximum atomic E-state index is 9.37. The van der Waals surface area contributed by atoms with Crippen molar-refractivity contribution in [2.45, 2.75) is 76.5 Å². The molecule has 0 radical (unpaired) electrons. The van der Waals surface area contributed by atoms with E-state index < -0.39 is 20.2 Å². The van der Waals surface area contributed by atoms with Crippen LogP contribution in [0.3, 0.4) is 0 Å². The maximum Gasteiger partial charge on any atom is 0.259 e. The van der Waals surface area contributed by atoms with Gasteiger partial charge in [0.05, 0.1) is 52.1 Å². The molecule has 0 spiro atoms. The molecule has 0 saturated carbocycles. The first-order chi connectivity index (χ1) is 26.3. The van der Waals surface area contributed by atoms with Gasteiger partial charge in [-0.2, -0.15) is 5.26 Å². The van der Waals surface area contributed by atoms with Gasteiger partial charge >= 0.3 is 0 Å². The zero-order chi connectivity index (χ0) is 38.1. The van der Waals surface area contributed by atoms with Gasteiger partial charge in [-0.25, -0.2) is 4.67 Å². The van der Waals surface area contributed by atoms with E-state index in [0.29, 0.717) is 6.42 Å². The highest BCUT2D eigenvalue weighted by Gasteiger charge is 2.45. The molecule has 1 heterocycles. The predicted octanol–water partition coefficient (Wildman–Crippen LogP) is 10.4. The number of nitrogens with zero attached hydrogens (tertiary/aromatic N) is 2. The Morgan fingerprint density at radius 2 is 1.33 bits per heavy atom. The lowest BCUT2D eigenvalue weighted by molar-refractivity contribution is -0.0804. The van der Waals surface area contributed by atoms with Crippen molar-refractivity contribution in [2.24, 2.45) is 0 Å². The summed E-state index contributed by atoms with van der Waals surface area (Å²) in [6, 6.07) is 43.7. The first-order valence-corrected chi connectivity index (χ1v) is 19.8. The summed E-state index contributed by atoms with van der Waals surface area (Å²) in [4.78, 5) is 0. The Balaban J connectivity index is 1.43. The average Bonchev–Trinajstić information content (AvgIpc) is 3.60. The average molecular weight is 747 g/mol. The second-order valence-corrected chi connectivity index (χ2v) is 15.4. The number of benzene rings is 5. The molecule has 0 amide bonds. The van der Waals surface area contributed by atoms with Gasteiger partial charge in [0.2, 0.25) is 0 Å². The molecule has 0 N–H and O–H groups in total. The second kappa shape index (κ2) is 18.3. The van der Waals surface area contributed by atoms with Crippen molar-refractivity contribution in [1.29, 1.82) is 5.26 Å². The van der Waals surface area contributed by atoms with Gasteiger partial charge in [0.1, 0.15) is 23.2 Å². The predicted molar refractivity (Wildman–Crippen MR) is 215 cm³/mol. The molecule has 6 rings (SSSR count). The monoisotopic (exact) mass is 746 g/mol. The van der Waals surface area contributed by atoms with E-state index in [2.05, 4.69) is 117 Å². The van der Waals surface area contributed by atoms with E-state index in [1.54, 1.807) is 14.2 Å². The molecular formula is C45H51N2O6P. The van der Waals surface area contributed by atoms with Crippen molar-refractivity contribution in [3.05, 3.63) is 144 Å². The van der Waals surface area contributed by atoms with Crippen LogP contribution in [0.5, 0.6) is 11.5 Å². The maximum absolute atomic E-state index is 9.37. The summed E-state index contributed by atoms with van der Waals surface area (Å²) in [6.07, 6.45) is -0.190. The topological polar surface area (TPSA) is 82.4 Å². The third-order valence-electron chi connectivity index (χ3n) is 9.90. The minimum Gasteiger partial charge on any atom is -0.497 e. The highest BCUT2D eigenvalue weighted by atomic mass is 31.2. The van der Waals surface area contributed by atoms with E-state index in [-0.39, 0.29) is 43.9 Å². The summed E-state index contributed by atoms with van der Waals surface area (Å²) in [6.45, 7) is 9.09. The van der Waals surface area contributed by atoms with Crippen LogP contribution >= 0.6 is 8.53 Å². The van der Waals surface area contributed by atoms with E-state index in [9.17, 15) is 5.26 Å². The minimum atomic E-state index is -1.54. The van der Waals surface area contributed by atoms with E-state index >= 15 is 0 Å². The number of ether oxygens (including phenoxy) is 4. The Labute approximate surface area is 321 Å². The summed E-state index contributed by atoms with van der Waals surface area (Å²) in [5.41, 5.74) is 2.93. The molecule has 8 nitrogen and oxygen atoms in total. The Morgan fingerprint density at radius 1 is 0.759 bits per heavy atom. The number of rotatable bonds is 17. The first-order valence-electron chi connectivity index (χ1n) is 18.7. The van der Waals surface area contributed by atoms with E-state index in [4.69, 9.17) is 28.0 Å². The highest BCUT2D eigenvalue weighted by Crippen LogP contribution is 2.51. The van der Waals surface area contributed by atoms with Gasteiger partial charge in [0, 0.05) is 18.5 Å². The third kappa shape index (κ3) is 8.64. The summed E-state index contributed by atoms with van der Waals surface area (Å²) >= 11 is 0. The van der Waals surface area contributed by atoms with Crippen molar-refractivity contribution in [1.82, 2.24) is 4.67 Å². The standard InChI is InChI=1S/C45H51N2O6P/c1-32(2)47(33(3)4)54(51-29-13-28-46)53-43-30-42(41-19-12-15-34-14-10-11-18-40(34)41)52-44(43)31-50-45(35-16-8-7-9-17-35,36-20-24-38(48-5)25-21-36)37-22-26-39(49-6)27-23-37/h7-12,14-27,32-33,42-44H,13,29-31H2,1-6H3/t42-,43+,44-,54?/m1/s1. The molecule has 1 saturated heterocycles. The van der Waals surface area contributed by atoms with Gasteiger partial charge in [0.25, 0.3) is 8.53 Å².